The lowest BCUT2D eigenvalue weighted by Gasteiger charge is -2.05. The summed E-state index contributed by atoms with van der Waals surface area (Å²) in [5.74, 6) is 2.21. The third kappa shape index (κ3) is 3.07. The van der Waals surface area contributed by atoms with Gasteiger partial charge in [0.2, 0.25) is 11.8 Å². The molecule has 1 aliphatic rings. The van der Waals surface area contributed by atoms with Gasteiger partial charge in [-0.05, 0) is 31.9 Å². The zero-order chi connectivity index (χ0) is 16.5. The maximum atomic E-state index is 9.37. The van der Waals surface area contributed by atoms with Crippen LogP contribution >= 0.6 is 11.8 Å². The second kappa shape index (κ2) is 6.37. The van der Waals surface area contributed by atoms with Gasteiger partial charge in [0.15, 0.2) is 11.0 Å². The van der Waals surface area contributed by atoms with Gasteiger partial charge in [0.1, 0.15) is 6.61 Å². The molecule has 124 valence electrons. The van der Waals surface area contributed by atoms with E-state index in [1.807, 2.05) is 35.8 Å². The van der Waals surface area contributed by atoms with Gasteiger partial charge in [-0.1, -0.05) is 29.5 Å². The summed E-state index contributed by atoms with van der Waals surface area (Å²) in [7, 11) is 0. The number of thioether (sulfide) groups is 1. The Morgan fingerprint density at radius 2 is 2.12 bits per heavy atom. The van der Waals surface area contributed by atoms with Crippen molar-refractivity contribution < 1.29 is 9.52 Å². The van der Waals surface area contributed by atoms with Gasteiger partial charge >= 0.3 is 0 Å². The molecular weight excluding hydrogens is 326 g/mol. The normalized spacial score (nSPS) is 14.2. The Morgan fingerprint density at radius 1 is 1.25 bits per heavy atom. The first-order valence-electron chi connectivity index (χ1n) is 7.81. The fraction of sp³-hybridized carbons (Fsp3) is 0.375. The molecule has 0 bridgehead atoms. The molecule has 0 saturated heterocycles. The van der Waals surface area contributed by atoms with Gasteiger partial charge in [-0.15, -0.1) is 20.4 Å². The van der Waals surface area contributed by atoms with E-state index in [-0.39, 0.29) is 6.61 Å². The van der Waals surface area contributed by atoms with Crippen molar-refractivity contribution in [2.24, 2.45) is 0 Å². The van der Waals surface area contributed by atoms with Gasteiger partial charge in [-0.3, -0.25) is 0 Å². The van der Waals surface area contributed by atoms with Crippen LogP contribution in [0.2, 0.25) is 0 Å². The molecule has 0 spiro atoms. The maximum absolute atomic E-state index is 9.37. The lowest BCUT2D eigenvalue weighted by Crippen LogP contribution is -2.02. The Bertz CT molecular complexity index is 856. The predicted molar refractivity (Wildman–Crippen MR) is 88.2 cm³/mol. The number of aliphatic hydroxyl groups excluding tert-OH is 1. The molecule has 0 atom stereocenters. The highest BCUT2D eigenvalue weighted by atomic mass is 32.2. The topological polar surface area (TPSA) is 89.9 Å². The SMILES string of the molecule is Cc1cccc(-c2nnc(CSc3nnc(CO)n3C3CC3)o2)c1. The van der Waals surface area contributed by atoms with E-state index in [1.54, 1.807) is 0 Å². The van der Waals surface area contributed by atoms with Crippen LogP contribution < -0.4 is 0 Å². The van der Waals surface area contributed by atoms with E-state index in [0.717, 1.165) is 29.1 Å². The van der Waals surface area contributed by atoms with Crippen molar-refractivity contribution in [2.75, 3.05) is 0 Å². The van der Waals surface area contributed by atoms with E-state index < -0.39 is 0 Å². The third-order valence-electron chi connectivity index (χ3n) is 3.85. The minimum absolute atomic E-state index is 0.0951. The van der Waals surface area contributed by atoms with Crippen LogP contribution in [0.3, 0.4) is 0 Å². The van der Waals surface area contributed by atoms with Gasteiger partial charge < -0.3 is 14.1 Å². The number of hydrogen-bond donors (Lipinski definition) is 1. The van der Waals surface area contributed by atoms with E-state index >= 15 is 0 Å². The van der Waals surface area contributed by atoms with Gasteiger partial charge in [-0.25, -0.2) is 0 Å². The molecule has 2 aromatic heterocycles. The smallest absolute Gasteiger partial charge is 0.247 e. The first-order valence-corrected chi connectivity index (χ1v) is 8.80. The molecule has 1 N–H and O–H groups in total. The van der Waals surface area contributed by atoms with Crippen LogP contribution in [0.25, 0.3) is 11.5 Å². The minimum atomic E-state index is -0.0951. The Balaban J connectivity index is 1.48. The highest BCUT2D eigenvalue weighted by Crippen LogP contribution is 2.39. The zero-order valence-corrected chi connectivity index (χ0v) is 14.0. The van der Waals surface area contributed by atoms with Crippen LogP contribution in [0.1, 0.15) is 36.2 Å². The predicted octanol–water partition coefficient (Wildman–Crippen LogP) is 2.76. The van der Waals surface area contributed by atoms with Crippen LogP contribution in [0, 0.1) is 6.92 Å². The zero-order valence-electron chi connectivity index (χ0n) is 13.2. The number of hydrogen-bond acceptors (Lipinski definition) is 7. The average molecular weight is 343 g/mol. The summed E-state index contributed by atoms with van der Waals surface area (Å²) in [5, 5.41) is 26.6. The van der Waals surface area contributed by atoms with Crippen molar-refractivity contribution in [2.45, 2.75) is 43.3 Å². The lowest BCUT2D eigenvalue weighted by molar-refractivity contribution is 0.263. The van der Waals surface area contributed by atoms with Gasteiger partial charge in [0.05, 0.1) is 5.75 Å². The molecule has 24 heavy (non-hydrogen) atoms. The molecule has 4 rings (SSSR count). The standard InChI is InChI=1S/C16H17N5O2S/c1-10-3-2-4-11(7-10)15-19-18-14(23-15)9-24-16-20-17-13(8-22)21(16)12-5-6-12/h2-4,7,12,22H,5-6,8-9H2,1H3. The van der Waals surface area contributed by atoms with E-state index in [2.05, 4.69) is 20.4 Å². The largest absolute Gasteiger partial charge is 0.420 e. The van der Waals surface area contributed by atoms with E-state index in [0.29, 0.717) is 29.4 Å². The van der Waals surface area contributed by atoms with Crippen LogP contribution in [0.4, 0.5) is 0 Å². The minimum Gasteiger partial charge on any atom is -0.420 e. The quantitative estimate of drug-likeness (QED) is 0.688. The summed E-state index contributed by atoms with van der Waals surface area (Å²) in [4.78, 5) is 0. The highest BCUT2D eigenvalue weighted by Gasteiger charge is 2.29. The average Bonchev–Trinajstić information content (AvgIpc) is 3.17. The Kier molecular flexibility index (Phi) is 4.07. The van der Waals surface area contributed by atoms with Crippen molar-refractivity contribution >= 4 is 11.8 Å². The first-order chi connectivity index (χ1) is 11.7. The first kappa shape index (κ1) is 15.3. The second-order valence-electron chi connectivity index (χ2n) is 5.82. The monoisotopic (exact) mass is 343 g/mol. The van der Waals surface area contributed by atoms with Crippen LogP contribution in [-0.2, 0) is 12.4 Å². The van der Waals surface area contributed by atoms with E-state index in [9.17, 15) is 5.11 Å². The number of aliphatic hydroxyl groups is 1. The Hall–Kier alpha value is -2.19. The van der Waals surface area contributed by atoms with E-state index in [4.69, 9.17) is 4.42 Å². The summed E-state index contributed by atoms with van der Waals surface area (Å²) in [6.07, 6.45) is 2.22. The van der Waals surface area contributed by atoms with Crippen molar-refractivity contribution in [1.29, 1.82) is 0 Å². The number of nitrogens with zero attached hydrogens (tertiary/aromatic N) is 5. The Morgan fingerprint density at radius 3 is 2.88 bits per heavy atom. The molecule has 3 aromatic rings. The van der Waals surface area contributed by atoms with Gasteiger partial charge in [0, 0.05) is 11.6 Å². The van der Waals surface area contributed by atoms with Crippen LogP contribution in [0.15, 0.2) is 33.8 Å². The molecule has 8 heteroatoms. The molecule has 0 amide bonds. The molecule has 0 aliphatic heterocycles. The van der Waals surface area contributed by atoms with Gasteiger partial charge in [0.25, 0.3) is 0 Å². The van der Waals surface area contributed by atoms with Crippen molar-refractivity contribution in [3.63, 3.8) is 0 Å². The van der Waals surface area contributed by atoms with E-state index in [1.165, 1.54) is 11.8 Å². The number of aromatic nitrogens is 5. The molecule has 7 nitrogen and oxygen atoms in total. The molecule has 1 fully saturated rings. The molecular formula is C16H17N5O2S. The summed E-state index contributed by atoms with van der Waals surface area (Å²) in [6, 6.07) is 8.38. The fourth-order valence-corrected chi connectivity index (χ4v) is 3.41. The molecule has 1 aliphatic carbocycles. The summed E-state index contributed by atoms with van der Waals surface area (Å²) in [6.45, 7) is 1.93. The van der Waals surface area contributed by atoms with Crippen LogP contribution in [-0.4, -0.2) is 30.1 Å². The highest BCUT2D eigenvalue weighted by molar-refractivity contribution is 7.98. The van der Waals surface area contributed by atoms with Crippen molar-refractivity contribution in [3.05, 3.63) is 41.5 Å². The third-order valence-corrected chi connectivity index (χ3v) is 4.77. The van der Waals surface area contributed by atoms with Crippen molar-refractivity contribution in [1.82, 2.24) is 25.0 Å². The second-order valence-corrected chi connectivity index (χ2v) is 6.76. The van der Waals surface area contributed by atoms with Crippen LogP contribution in [0.5, 0.6) is 0 Å². The van der Waals surface area contributed by atoms with Gasteiger partial charge in [-0.2, -0.15) is 0 Å². The fourth-order valence-electron chi connectivity index (χ4n) is 2.55. The molecule has 1 aromatic carbocycles. The molecule has 0 unspecified atom stereocenters. The maximum Gasteiger partial charge on any atom is 0.247 e. The number of benzene rings is 1. The molecule has 0 radical (unpaired) electrons. The lowest BCUT2D eigenvalue weighted by atomic mass is 10.1. The van der Waals surface area contributed by atoms with Crippen molar-refractivity contribution in [3.8, 4) is 11.5 Å². The summed E-state index contributed by atoms with van der Waals surface area (Å²) >= 11 is 1.50. The molecule has 2 heterocycles. The summed E-state index contributed by atoms with van der Waals surface area (Å²) < 4.78 is 7.76. The number of rotatable bonds is 6. The molecule has 1 saturated carbocycles. The summed E-state index contributed by atoms with van der Waals surface area (Å²) in [5.41, 5.74) is 2.07. The number of aryl methyl sites for hydroxylation is 1. The Labute approximate surface area is 143 Å².